The molecule has 4 N–H and O–H groups in total. The zero-order chi connectivity index (χ0) is 27.6. The average Bonchev–Trinajstić information content (AvgIpc) is 3.11. The van der Waals surface area contributed by atoms with Gasteiger partial charge in [0.1, 0.15) is 17.3 Å². The van der Waals surface area contributed by atoms with Gasteiger partial charge in [0.2, 0.25) is 5.91 Å². The summed E-state index contributed by atoms with van der Waals surface area (Å²) in [6.45, 7) is 4.40. The van der Waals surface area contributed by atoms with Gasteiger partial charge in [-0.3, -0.25) is 9.59 Å². The normalized spacial score (nSPS) is 31.4. The number of phenolic OH excluding ortho intramolecular Hbond substituents is 1. The van der Waals surface area contributed by atoms with Crippen molar-refractivity contribution in [1.82, 2.24) is 5.32 Å². The SMILES string of the molecule is CC(C)(C(=O)NC(P(=O)([O-])O)P(=O)([O-])O)C(=O)O[C@H]1CC[C@H]2[C@@H]3CCc4cc(O)ccc4[C@H]3CC[C@]12C.[Na+].[Na+]. The first-order valence-corrected chi connectivity index (χ1v) is 15.7. The van der Waals surface area contributed by atoms with Crippen LogP contribution in [0.5, 0.6) is 5.75 Å². The molecule has 15 heteroatoms. The third-order valence-corrected chi connectivity index (χ3v) is 12.1. The Hall–Kier alpha value is 0.260. The van der Waals surface area contributed by atoms with Gasteiger partial charge in [-0.05, 0) is 93.4 Å². The van der Waals surface area contributed by atoms with Crippen LogP contribution in [0.4, 0.5) is 0 Å². The molecular formula is C24H33NNa2O10P2. The maximum absolute atomic E-state index is 13.1. The van der Waals surface area contributed by atoms with Crippen molar-refractivity contribution in [2.24, 2.45) is 22.7 Å². The number of fused-ring (bicyclic) bond motifs is 5. The first-order valence-electron chi connectivity index (χ1n) is 12.4. The molecule has 0 heterocycles. The number of carbonyl (C=O) groups is 2. The van der Waals surface area contributed by atoms with Gasteiger partial charge in [-0.15, -0.1) is 0 Å². The first-order chi connectivity index (χ1) is 17.0. The summed E-state index contributed by atoms with van der Waals surface area (Å²) in [5.41, 5.74) is -2.86. The molecule has 2 unspecified atom stereocenters. The van der Waals surface area contributed by atoms with Crippen LogP contribution < -0.4 is 74.2 Å². The van der Waals surface area contributed by atoms with Gasteiger partial charge < -0.3 is 43.9 Å². The number of benzene rings is 1. The predicted octanol–water partition coefficient (Wildman–Crippen LogP) is -4.31. The fraction of sp³-hybridized carbons (Fsp3) is 0.667. The van der Waals surface area contributed by atoms with E-state index in [-0.39, 0.29) is 76.2 Å². The second kappa shape index (κ2) is 12.5. The molecule has 0 aliphatic heterocycles. The second-order valence-corrected chi connectivity index (χ2v) is 15.1. The number of hydrogen-bond donors (Lipinski definition) is 4. The molecule has 11 nitrogen and oxygen atoms in total. The molecule has 1 amide bonds. The van der Waals surface area contributed by atoms with Crippen LogP contribution in [0.2, 0.25) is 0 Å². The van der Waals surface area contributed by atoms with Gasteiger partial charge in [0.25, 0.3) is 0 Å². The Morgan fingerprint density at radius 2 is 1.72 bits per heavy atom. The van der Waals surface area contributed by atoms with Crippen molar-refractivity contribution in [2.75, 3.05) is 0 Å². The van der Waals surface area contributed by atoms with Crippen LogP contribution in [0.1, 0.15) is 69.9 Å². The molecule has 0 radical (unpaired) electrons. The topological polar surface area (TPSA) is 196 Å². The predicted molar refractivity (Wildman–Crippen MR) is 128 cm³/mol. The van der Waals surface area contributed by atoms with Gasteiger partial charge in [0.15, 0.2) is 20.7 Å². The van der Waals surface area contributed by atoms with E-state index in [0.29, 0.717) is 18.3 Å². The van der Waals surface area contributed by atoms with E-state index in [2.05, 4.69) is 6.92 Å². The average molecular weight is 603 g/mol. The summed E-state index contributed by atoms with van der Waals surface area (Å²) < 4.78 is 28.6. The molecule has 4 rings (SSSR count). The van der Waals surface area contributed by atoms with Crippen LogP contribution in [0, 0.1) is 22.7 Å². The molecule has 2 saturated carbocycles. The minimum atomic E-state index is -5.72. The molecule has 0 bridgehead atoms. The van der Waals surface area contributed by atoms with Crippen molar-refractivity contribution >= 4 is 27.1 Å². The molecule has 3 aliphatic rings. The molecule has 39 heavy (non-hydrogen) atoms. The largest absolute Gasteiger partial charge is 1.00 e. The summed E-state index contributed by atoms with van der Waals surface area (Å²) >= 11 is 0. The Morgan fingerprint density at radius 1 is 1.10 bits per heavy atom. The number of phenols is 1. The van der Waals surface area contributed by atoms with E-state index in [1.54, 1.807) is 11.4 Å². The molecule has 0 saturated heterocycles. The van der Waals surface area contributed by atoms with Crippen molar-refractivity contribution in [3.05, 3.63) is 29.3 Å². The van der Waals surface area contributed by atoms with Crippen LogP contribution in [-0.2, 0) is 29.9 Å². The van der Waals surface area contributed by atoms with E-state index < -0.39 is 44.1 Å². The molecule has 206 valence electrons. The third kappa shape index (κ3) is 6.92. The van der Waals surface area contributed by atoms with Gasteiger partial charge in [-0.2, -0.15) is 0 Å². The standard InChI is InChI=1S/C24H35NO10P2.2Na/c1-23(2,20(27)25-22(36(29,30)31)37(32,33)34)21(28)35-19-9-8-18-17-6-4-13-12-14(26)5-7-15(13)16(17)10-11-24(18,19)3;;/h5,7,12,16-19,22,26H,4,6,8-11H2,1-3H3,(H,25,27)(H2,29,30,31)(H2,32,33,34);;/q;2*+1/p-2/t16-,17-,18+,19+,24+;;/m1../s1. The van der Waals surface area contributed by atoms with Gasteiger partial charge in [-0.25, -0.2) is 0 Å². The van der Waals surface area contributed by atoms with E-state index >= 15 is 0 Å². The number of ether oxygens (including phenoxy) is 1. The minimum absolute atomic E-state index is 0. The molecule has 0 aromatic heterocycles. The van der Waals surface area contributed by atoms with E-state index in [0.717, 1.165) is 46.0 Å². The number of rotatable bonds is 6. The minimum Gasteiger partial charge on any atom is -0.777 e. The van der Waals surface area contributed by atoms with Crippen LogP contribution in [0.3, 0.4) is 0 Å². The zero-order valence-electron chi connectivity index (χ0n) is 23.0. The van der Waals surface area contributed by atoms with Crippen LogP contribution in [-0.4, -0.2) is 38.4 Å². The van der Waals surface area contributed by atoms with Gasteiger partial charge >= 0.3 is 65.1 Å². The monoisotopic (exact) mass is 603 g/mol. The number of aryl methyl sites for hydroxylation is 1. The smallest absolute Gasteiger partial charge is 0.777 e. The maximum Gasteiger partial charge on any atom is 1.00 e. The van der Waals surface area contributed by atoms with Crippen LogP contribution in [0.15, 0.2) is 18.2 Å². The van der Waals surface area contributed by atoms with Crippen molar-refractivity contribution < 1.29 is 107 Å². The van der Waals surface area contributed by atoms with E-state index in [4.69, 9.17) is 14.5 Å². The summed E-state index contributed by atoms with van der Waals surface area (Å²) in [6, 6.07) is 5.56. The number of aromatic hydroxyl groups is 1. The van der Waals surface area contributed by atoms with Crippen molar-refractivity contribution in [3.8, 4) is 5.75 Å². The quantitative estimate of drug-likeness (QED) is 0.107. The molecule has 2 fully saturated rings. The van der Waals surface area contributed by atoms with Crippen molar-refractivity contribution in [2.45, 2.75) is 76.8 Å². The van der Waals surface area contributed by atoms with E-state index in [9.17, 15) is 33.6 Å². The Bertz CT molecular complexity index is 1180. The van der Waals surface area contributed by atoms with Gasteiger partial charge in [-0.1, -0.05) is 13.0 Å². The Kier molecular flexibility index (Phi) is 11.3. The summed E-state index contributed by atoms with van der Waals surface area (Å²) in [5, 5.41) is 11.4. The molecule has 1 aromatic carbocycles. The van der Waals surface area contributed by atoms with Crippen molar-refractivity contribution in [3.63, 3.8) is 0 Å². The summed E-state index contributed by atoms with van der Waals surface area (Å²) in [6.07, 6.45) is 4.45. The summed E-state index contributed by atoms with van der Waals surface area (Å²) in [5.74, 6) is -0.985. The number of esters is 1. The third-order valence-electron chi connectivity index (χ3n) is 8.83. The molecular weight excluding hydrogens is 570 g/mol. The number of hydrogen-bond acceptors (Lipinski definition) is 8. The second-order valence-electron chi connectivity index (χ2n) is 11.4. The van der Waals surface area contributed by atoms with Gasteiger partial charge in [0, 0.05) is 5.41 Å². The summed E-state index contributed by atoms with van der Waals surface area (Å²) in [4.78, 5) is 66.9. The van der Waals surface area contributed by atoms with Crippen LogP contribution >= 0.6 is 15.2 Å². The number of amides is 1. The molecule has 7 atom stereocenters. The Balaban J connectivity index is 0.00000267. The molecule has 0 spiro atoms. The summed E-state index contributed by atoms with van der Waals surface area (Å²) in [7, 11) is -11.4. The maximum atomic E-state index is 13.1. The fourth-order valence-electron chi connectivity index (χ4n) is 6.73. The Morgan fingerprint density at radius 3 is 2.31 bits per heavy atom. The van der Waals surface area contributed by atoms with Crippen LogP contribution in [0.25, 0.3) is 0 Å². The van der Waals surface area contributed by atoms with Gasteiger partial charge in [0.05, 0.1) is 0 Å². The Labute approximate surface area is 272 Å². The molecule has 3 aliphatic carbocycles. The first kappa shape index (κ1) is 35.5. The van der Waals surface area contributed by atoms with Crippen molar-refractivity contribution in [1.29, 1.82) is 0 Å². The van der Waals surface area contributed by atoms with E-state index in [1.165, 1.54) is 11.1 Å². The zero-order valence-corrected chi connectivity index (χ0v) is 28.7. The fourth-order valence-corrected chi connectivity index (χ4v) is 8.76. The molecule has 1 aromatic rings. The number of nitrogens with one attached hydrogen (secondary N) is 1. The number of carbonyl (C=O) groups excluding carboxylic acids is 2. The van der Waals surface area contributed by atoms with E-state index in [1.807, 2.05) is 12.1 Å².